The highest BCUT2D eigenvalue weighted by Crippen LogP contribution is 2.28. The molecule has 0 aromatic carbocycles. The predicted molar refractivity (Wildman–Crippen MR) is 67.9 cm³/mol. The monoisotopic (exact) mass is 231 g/mol. The largest absolute Gasteiger partial charge is 0.356 e. The number of H-pyrrole nitrogens is 1. The van der Waals surface area contributed by atoms with Gasteiger partial charge in [-0.05, 0) is 25.3 Å². The molecule has 0 amide bonds. The molecule has 5 nitrogen and oxygen atoms in total. The van der Waals surface area contributed by atoms with Gasteiger partial charge in [-0.3, -0.25) is 0 Å². The van der Waals surface area contributed by atoms with Crippen molar-refractivity contribution in [1.29, 1.82) is 0 Å². The summed E-state index contributed by atoms with van der Waals surface area (Å²) in [4.78, 5) is 14.0. The van der Waals surface area contributed by atoms with Gasteiger partial charge >= 0.3 is 0 Å². The topological polar surface area (TPSA) is 70.8 Å². The molecule has 0 spiro atoms. The summed E-state index contributed by atoms with van der Waals surface area (Å²) >= 11 is 0. The molecule has 3 N–H and O–H groups in total. The summed E-state index contributed by atoms with van der Waals surface area (Å²) in [5.74, 6) is 0.996. The van der Waals surface area contributed by atoms with Gasteiger partial charge in [-0.15, -0.1) is 0 Å². The number of fused-ring (bicyclic) bond motifs is 1. The summed E-state index contributed by atoms with van der Waals surface area (Å²) in [5.41, 5.74) is 6.86. The van der Waals surface area contributed by atoms with Gasteiger partial charge in [-0.1, -0.05) is 0 Å². The van der Waals surface area contributed by atoms with E-state index < -0.39 is 0 Å². The minimum absolute atomic E-state index is 0.339. The molecule has 2 aromatic heterocycles. The van der Waals surface area contributed by atoms with Gasteiger partial charge in [0.25, 0.3) is 0 Å². The van der Waals surface area contributed by atoms with Crippen molar-refractivity contribution in [2.75, 3.05) is 11.9 Å². The first-order chi connectivity index (χ1) is 8.25. The molecule has 2 heterocycles. The lowest BCUT2D eigenvalue weighted by Crippen LogP contribution is -2.31. The molecule has 3 rings (SSSR count). The Morgan fingerprint density at radius 3 is 3.06 bits per heavy atom. The van der Waals surface area contributed by atoms with Gasteiger partial charge in [0.15, 0.2) is 0 Å². The molecule has 17 heavy (non-hydrogen) atoms. The van der Waals surface area contributed by atoms with Crippen molar-refractivity contribution in [2.24, 2.45) is 5.73 Å². The van der Waals surface area contributed by atoms with Crippen LogP contribution in [0.4, 0.5) is 5.82 Å². The van der Waals surface area contributed by atoms with Crippen molar-refractivity contribution >= 4 is 16.9 Å². The number of aromatic amines is 1. The van der Waals surface area contributed by atoms with Crippen LogP contribution in [-0.4, -0.2) is 34.1 Å². The zero-order chi connectivity index (χ0) is 11.8. The fourth-order valence-electron chi connectivity index (χ4n) is 2.66. The summed E-state index contributed by atoms with van der Waals surface area (Å²) in [7, 11) is 2.09. The zero-order valence-corrected chi connectivity index (χ0v) is 9.93. The van der Waals surface area contributed by atoms with Crippen molar-refractivity contribution in [3.63, 3.8) is 0 Å². The highest BCUT2D eigenvalue weighted by Gasteiger charge is 2.26. The molecule has 5 heteroatoms. The molecule has 1 saturated carbocycles. The number of hydrogen-bond acceptors (Lipinski definition) is 4. The van der Waals surface area contributed by atoms with Crippen molar-refractivity contribution in [2.45, 2.75) is 31.3 Å². The van der Waals surface area contributed by atoms with E-state index in [1.807, 2.05) is 12.3 Å². The molecule has 1 aliphatic carbocycles. The van der Waals surface area contributed by atoms with Crippen LogP contribution in [0.5, 0.6) is 0 Å². The summed E-state index contributed by atoms with van der Waals surface area (Å²) in [6.07, 6.45) is 6.81. The number of anilines is 1. The minimum Gasteiger partial charge on any atom is -0.356 e. The Bertz CT molecular complexity index is 520. The molecule has 0 aliphatic heterocycles. The Morgan fingerprint density at radius 1 is 1.41 bits per heavy atom. The van der Waals surface area contributed by atoms with E-state index >= 15 is 0 Å². The van der Waals surface area contributed by atoms with E-state index in [2.05, 4.69) is 26.9 Å². The van der Waals surface area contributed by atoms with Crippen molar-refractivity contribution in [3.05, 3.63) is 18.6 Å². The average molecular weight is 231 g/mol. The van der Waals surface area contributed by atoms with Crippen LogP contribution in [0, 0.1) is 0 Å². The van der Waals surface area contributed by atoms with Crippen molar-refractivity contribution < 1.29 is 0 Å². The second kappa shape index (κ2) is 4.00. The first-order valence-corrected chi connectivity index (χ1v) is 6.02. The third kappa shape index (κ3) is 1.76. The summed E-state index contributed by atoms with van der Waals surface area (Å²) < 4.78 is 0. The lowest BCUT2D eigenvalue weighted by Gasteiger charge is -2.25. The van der Waals surface area contributed by atoms with Crippen LogP contribution in [0.2, 0.25) is 0 Å². The SMILES string of the molecule is CN(c1ncnc2[nH]ccc12)[C@H]1CC[C@@H](N)C1. The smallest absolute Gasteiger partial charge is 0.142 e. The van der Waals surface area contributed by atoms with Gasteiger partial charge in [-0.2, -0.15) is 0 Å². The first-order valence-electron chi connectivity index (χ1n) is 6.02. The number of aromatic nitrogens is 3. The molecule has 0 unspecified atom stereocenters. The van der Waals surface area contributed by atoms with Gasteiger partial charge in [0.05, 0.1) is 5.39 Å². The second-order valence-electron chi connectivity index (χ2n) is 4.78. The Kier molecular flexibility index (Phi) is 2.48. The van der Waals surface area contributed by atoms with E-state index in [4.69, 9.17) is 5.73 Å². The molecule has 0 radical (unpaired) electrons. The number of hydrogen-bond donors (Lipinski definition) is 2. The minimum atomic E-state index is 0.339. The molecule has 0 bridgehead atoms. The van der Waals surface area contributed by atoms with E-state index in [-0.39, 0.29) is 0 Å². The standard InChI is InChI=1S/C12H17N5/c1-17(9-3-2-8(13)6-9)12-10-4-5-14-11(10)15-7-16-12/h4-5,7-9H,2-3,6,13H2,1H3,(H,14,15,16)/t8-,9+/m1/s1. The van der Waals surface area contributed by atoms with Crippen molar-refractivity contribution in [1.82, 2.24) is 15.0 Å². The summed E-state index contributed by atoms with van der Waals surface area (Å²) in [6, 6.07) is 2.86. The van der Waals surface area contributed by atoms with Crippen LogP contribution in [0.1, 0.15) is 19.3 Å². The normalized spacial score (nSPS) is 24.4. The molecule has 0 saturated heterocycles. The maximum atomic E-state index is 5.97. The van der Waals surface area contributed by atoms with Crippen LogP contribution in [0.3, 0.4) is 0 Å². The van der Waals surface area contributed by atoms with Gasteiger partial charge in [0.2, 0.25) is 0 Å². The Hall–Kier alpha value is -1.62. The van der Waals surface area contributed by atoms with Gasteiger partial charge < -0.3 is 15.6 Å². The third-order valence-corrected chi connectivity index (χ3v) is 3.66. The van der Waals surface area contributed by atoms with Crippen LogP contribution < -0.4 is 10.6 Å². The lowest BCUT2D eigenvalue weighted by atomic mass is 10.2. The highest BCUT2D eigenvalue weighted by atomic mass is 15.2. The van der Waals surface area contributed by atoms with Crippen LogP contribution >= 0.6 is 0 Å². The van der Waals surface area contributed by atoms with Gasteiger partial charge in [0, 0.05) is 25.3 Å². The second-order valence-corrected chi connectivity index (χ2v) is 4.78. The molecular formula is C12H17N5. The van der Waals surface area contributed by atoms with Crippen LogP contribution in [0.25, 0.3) is 11.0 Å². The Labute approximate surface area is 100 Å². The molecule has 90 valence electrons. The van der Waals surface area contributed by atoms with Crippen LogP contribution in [-0.2, 0) is 0 Å². The quantitative estimate of drug-likeness (QED) is 0.816. The van der Waals surface area contributed by atoms with Gasteiger partial charge in [-0.25, -0.2) is 9.97 Å². The fraction of sp³-hybridized carbons (Fsp3) is 0.500. The molecule has 1 fully saturated rings. The predicted octanol–water partition coefficient (Wildman–Crippen LogP) is 1.27. The fourth-order valence-corrected chi connectivity index (χ4v) is 2.66. The molecule has 2 atom stereocenters. The molecule has 1 aliphatic rings. The maximum absolute atomic E-state index is 5.97. The maximum Gasteiger partial charge on any atom is 0.142 e. The number of nitrogens with two attached hydrogens (primary N) is 1. The summed E-state index contributed by atoms with van der Waals surface area (Å²) in [6.45, 7) is 0. The number of rotatable bonds is 2. The first kappa shape index (κ1) is 10.5. The Morgan fingerprint density at radius 2 is 2.29 bits per heavy atom. The van der Waals surface area contributed by atoms with Crippen molar-refractivity contribution in [3.8, 4) is 0 Å². The van der Waals surface area contributed by atoms with E-state index in [0.717, 1.165) is 36.1 Å². The van der Waals surface area contributed by atoms with E-state index in [1.54, 1.807) is 6.33 Å². The zero-order valence-electron chi connectivity index (χ0n) is 9.93. The molecular weight excluding hydrogens is 214 g/mol. The van der Waals surface area contributed by atoms with E-state index in [0.29, 0.717) is 12.1 Å². The van der Waals surface area contributed by atoms with Crippen LogP contribution in [0.15, 0.2) is 18.6 Å². The summed E-state index contributed by atoms with van der Waals surface area (Å²) in [5, 5.41) is 1.08. The van der Waals surface area contributed by atoms with E-state index in [9.17, 15) is 0 Å². The average Bonchev–Trinajstić information content (AvgIpc) is 2.95. The number of nitrogens with zero attached hydrogens (tertiary/aromatic N) is 3. The lowest BCUT2D eigenvalue weighted by molar-refractivity contribution is 0.628. The number of nitrogens with one attached hydrogen (secondary N) is 1. The third-order valence-electron chi connectivity index (χ3n) is 3.66. The molecule has 2 aromatic rings. The van der Waals surface area contributed by atoms with Gasteiger partial charge in [0.1, 0.15) is 17.8 Å². The highest BCUT2D eigenvalue weighted by molar-refractivity contribution is 5.87. The Balaban J connectivity index is 1.95. The van der Waals surface area contributed by atoms with E-state index in [1.165, 1.54) is 0 Å².